The fourth-order valence-corrected chi connectivity index (χ4v) is 0.684. The number of hydrogen-bond acceptors (Lipinski definition) is 11. The predicted octanol–water partition coefficient (Wildman–Crippen LogP) is -8.77. The van der Waals surface area contributed by atoms with Crippen LogP contribution in [0.1, 0.15) is 12.8 Å². The minimum absolute atomic E-state index is 1.36. The normalized spacial score (nSPS) is 9.74. The van der Waals surface area contributed by atoms with E-state index in [-0.39, 0.29) is 0 Å². The Hall–Kier alpha value is -2.69. The van der Waals surface area contributed by atoms with Gasteiger partial charge in [0, 0.05) is 24.8 Å². The molecule has 0 aromatic carbocycles. The van der Waals surface area contributed by atoms with E-state index in [2.05, 4.69) is 0 Å². The molecular weight excluding hydrogens is 272 g/mol. The van der Waals surface area contributed by atoms with Gasteiger partial charge in [-0.25, -0.2) is 0 Å². The molecule has 0 aliphatic carbocycles. The van der Waals surface area contributed by atoms with Gasteiger partial charge in [-0.3, -0.25) is 0 Å². The van der Waals surface area contributed by atoms with Crippen LogP contribution in [0.15, 0.2) is 0 Å². The van der Waals surface area contributed by atoms with Gasteiger partial charge in [-0.2, -0.15) is 0 Å². The van der Waals surface area contributed by atoms with E-state index in [0.717, 1.165) is 0 Å². The van der Waals surface area contributed by atoms with E-state index >= 15 is 0 Å². The number of carboxylic acids is 5. The topological polar surface area (TPSA) is 221 Å². The van der Waals surface area contributed by atoms with Crippen molar-refractivity contribution in [1.82, 2.24) is 0 Å². The van der Waals surface area contributed by atoms with Crippen molar-refractivity contribution >= 4 is 29.8 Å². The van der Waals surface area contributed by atoms with Crippen molar-refractivity contribution in [3.05, 3.63) is 0 Å². The van der Waals surface area contributed by atoms with Crippen molar-refractivity contribution in [3.63, 3.8) is 0 Å². The summed E-state index contributed by atoms with van der Waals surface area (Å²) in [5.41, 5.74) is -2.97. The summed E-state index contributed by atoms with van der Waals surface area (Å²) in [6, 6.07) is 0. The number of rotatable bonds is 5. The highest BCUT2D eigenvalue weighted by atomic mass is 16.4. The molecule has 0 radical (unpaired) electrons. The predicted molar refractivity (Wildman–Crippen MR) is 39.2 cm³/mol. The van der Waals surface area contributed by atoms with Crippen LogP contribution in [0.3, 0.4) is 0 Å². The minimum Gasteiger partial charge on any atom is -0.550 e. The van der Waals surface area contributed by atoms with Crippen molar-refractivity contribution in [1.29, 1.82) is 0 Å². The zero-order chi connectivity index (χ0) is 15.8. The lowest BCUT2D eigenvalue weighted by Crippen LogP contribution is -2.54. The fourth-order valence-electron chi connectivity index (χ4n) is 0.684. The summed E-state index contributed by atoms with van der Waals surface area (Å²) in [4.78, 5) is 47.9. The third-order valence-corrected chi connectivity index (χ3v) is 1.42. The van der Waals surface area contributed by atoms with Gasteiger partial charge in [-0.05, 0) is 0 Å². The van der Waals surface area contributed by atoms with Gasteiger partial charge in [0.05, 0.1) is 17.9 Å². The highest BCUT2D eigenvalue weighted by molar-refractivity contribution is 6.25. The monoisotopic (exact) mass is 277 g/mol. The summed E-state index contributed by atoms with van der Waals surface area (Å²) in [6.45, 7) is 0. The van der Waals surface area contributed by atoms with Crippen molar-refractivity contribution in [2.24, 2.45) is 0 Å². The zero-order valence-corrected chi connectivity index (χ0v) is 8.94. The SMILES string of the molecule is O=C([O-])C(=O)[O-].O=C([O-])CC(O)(CC(=O)[O-])C(=O)[O-]. The van der Waals surface area contributed by atoms with Crippen molar-refractivity contribution < 1.29 is 54.6 Å². The molecule has 0 unspecified atom stereocenters. The molecule has 0 aromatic heterocycles. The Morgan fingerprint density at radius 1 is 0.737 bits per heavy atom. The smallest absolute Gasteiger partial charge is 0.114 e. The van der Waals surface area contributed by atoms with E-state index in [4.69, 9.17) is 24.9 Å². The molecule has 11 nitrogen and oxygen atoms in total. The molecule has 19 heavy (non-hydrogen) atoms. The summed E-state index contributed by atoms with van der Waals surface area (Å²) < 4.78 is 0. The number of carbonyl (C=O) groups excluding carboxylic acids is 5. The van der Waals surface area contributed by atoms with Crippen LogP contribution in [0.5, 0.6) is 0 Å². The summed E-state index contributed by atoms with van der Waals surface area (Å²) in [7, 11) is 0. The highest BCUT2D eigenvalue weighted by Gasteiger charge is 2.29. The average Bonchev–Trinajstić information content (AvgIpc) is 2.14. The molecular formula is C8H5O11-5. The first-order chi connectivity index (χ1) is 8.42. The molecule has 0 saturated heterocycles. The number of carboxylic acid groups (broad SMARTS) is 5. The lowest BCUT2D eigenvalue weighted by Gasteiger charge is -2.29. The Kier molecular flexibility index (Phi) is 7.47. The maximum Gasteiger partial charge on any atom is 0.114 e. The van der Waals surface area contributed by atoms with Crippen LogP contribution in [0, 0.1) is 0 Å². The maximum absolute atomic E-state index is 10.1. The Morgan fingerprint density at radius 3 is 1.11 bits per heavy atom. The quantitative estimate of drug-likeness (QED) is 0.464. The Labute approximate surface area is 104 Å². The second-order valence-corrected chi connectivity index (χ2v) is 2.99. The Balaban J connectivity index is 0. The molecule has 108 valence electrons. The number of aliphatic carboxylic acids is 5. The molecule has 0 aliphatic heterocycles. The Morgan fingerprint density at radius 2 is 1.00 bits per heavy atom. The molecule has 0 fully saturated rings. The summed E-state index contributed by atoms with van der Waals surface area (Å²) in [5.74, 6) is -10.4. The van der Waals surface area contributed by atoms with Crippen LogP contribution in [0.25, 0.3) is 0 Å². The van der Waals surface area contributed by atoms with Gasteiger partial charge in [-0.15, -0.1) is 0 Å². The lowest BCUT2D eigenvalue weighted by molar-refractivity contribution is -0.345. The van der Waals surface area contributed by atoms with Gasteiger partial charge >= 0.3 is 0 Å². The van der Waals surface area contributed by atoms with Gasteiger partial charge in [0.1, 0.15) is 5.60 Å². The molecule has 11 heteroatoms. The van der Waals surface area contributed by atoms with Gasteiger partial charge in [0.25, 0.3) is 0 Å². The van der Waals surface area contributed by atoms with E-state index in [0.29, 0.717) is 0 Å². The standard InChI is InChI=1S/C6H8O7.C2H2O4/c7-3(8)1-6(13,5(11)12)2-4(9)10;3-1(4)2(5)6/h13H,1-2H2,(H,7,8)(H,9,10)(H,11,12);(H,3,4)(H,5,6)/p-5. The first kappa shape index (κ1) is 18.7. The summed E-state index contributed by atoms with van der Waals surface area (Å²) in [5, 5.41) is 56.8. The van der Waals surface area contributed by atoms with Crippen molar-refractivity contribution in [2.45, 2.75) is 18.4 Å². The first-order valence-electron chi connectivity index (χ1n) is 4.18. The molecule has 0 amide bonds. The molecule has 0 saturated carbocycles. The van der Waals surface area contributed by atoms with Crippen LogP contribution in [0.4, 0.5) is 0 Å². The number of carbonyl (C=O) groups is 5. The average molecular weight is 277 g/mol. The van der Waals surface area contributed by atoms with E-state index in [1.165, 1.54) is 0 Å². The third-order valence-electron chi connectivity index (χ3n) is 1.42. The second-order valence-electron chi connectivity index (χ2n) is 2.99. The molecule has 0 spiro atoms. The molecule has 0 atom stereocenters. The van der Waals surface area contributed by atoms with E-state index in [1.807, 2.05) is 0 Å². The molecule has 0 aromatic rings. The third kappa shape index (κ3) is 9.05. The summed E-state index contributed by atoms with van der Waals surface area (Å²) in [6.07, 6.45) is -2.72. The molecule has 0 rings (SSSR count). The van der Waals surface area contributed by atoms with Crippen LogP contribution in [-0.4, -0.2) is 40.6 Å². The van der Waals surface area contributed by atoms with Crippen molar-refractivity contribution in [3.8, 4) is 0 Å². The van der Waals surface area contributed by atoms with Crippen molar-refractivity contribution in [2.75, 3.05) is 0 Å². The van der Waals surface area contributed by atoms with Gasteiger partial charge in [-0.1, -0.05) is 0 Å². The second kappa shape index (κ2) is 7.60. The minimum atomic E-state index is -2.97. The molecule has 0 aliphatic rings. The van der Waals surface area contributed by atoms with Crippen LogP contribution in [0.2, 0.25) is 0 Å². The largest absolute Gasteiger partial charge is 0.550 e. The maximum atomic E-state index is 10.1. The molecule has 1 N–H and O–H groups in total. The van der Waals surface area contributed by atoms with E-state index in [9.17, 15) is 29.7 Å². The van der Waals surface area contributed by atoms with Crippen LogP contribution in [-0.2, 0) is 24.0 Å². The highest BCUT2D eigenvalue weighted by Crippen LogP contribution is 2.13. The zero-order valence-electron chi connectivity index (χ0n) is 8.94. The molecule has 0 bridgehead atoms. The van der Waals surface area contributed by atoms with Gasteiger partial charge in [0.2, 0.25) is 0 Å². The lowest BCUT2D eigenvalue weighted by atomic mass is 9.96. The van der Waals surface area contributed by atoms with Gasteiger partial charge in [0.15, 0.2) is 0 Å². The summed E-state index contributed by atoms with van der Waals surface area (Å²) >= 11 is 0. The molecule has 0 heterocycles. The number of hydrogen-bond donors (Lipinski definition) is 1. The number of aliphatic hydroxyl groups is 1. The first-order valence-corrected chi connectivity index (χ1v) is 4.18. The Bertz CT molecular complexity index is 367. The van der Waals surface area contributed by atoms with Crippen LogP contribution < -0.4 is 25.5 Å². The van der Waals surface area contributed by atoms with E-state index in [1.54, 1.807) is 0 Å². The van der Waals surface area contributed by atoms with Gasteiger partial charge < -0.3 is 54.6 Å². The van der Waals surface area contributed by atoms with Crippen LogP contribution >= 0.6 is 0 Å². The fraction of sp³-hybridized carbons (Fsp3) is 0.375. The van der Waals surface area contributed by atoms with E-state index < -0.39 is 48.3 Å².